The molecule has 106 valence electrons. The normalized spacial score (nSPS) is 12.2. The molecule has 0 bridgehead atoms. The van der Waals surface area contributed by atoms with Crippen LogP contribution in [0.2, 0.25) is 0 Å². The van der Waals surface area contributed by atoms with Crippen LogP contribution in [-0.4, -0.2) is 11.7 Å². The Hall–Kier alpha value is -2.01. The number of anilines is 1. The number of aryl methyl sites for hydroxylation is 1. The minimum absolute atomic E-state index is 0.0384. The molecule has 0 fully saturated rings. The highest BCUT2D eigenvalue weighted by Gasteiger charge is 2.11. The smallest absolute Gasteiger partial charge is 0.146 e. The molecule has 1 unspecified atom stereocenters. The molecular formula is C15H14F3NO. The Morgan fingerprint density at radius 2 is 1.85 bits per heavy atom. The van der Waals surface area contributed by atoms with Gasteiger partial charge in [-0.1, -0.05) is 12.1 Å². The van der Waals surface area contributed by atoms with E-state index in [-0.39, 0.29) is 17.8 Å². The molecule has 0 saturated carbocycles. The van der Waals surface area contributed by atoms with E-state index in [2.05, 4.69) is 5.32 Å². The van der Waals surface area contributed by atoms with Crippen molar-refractivity contribution in [1.29, 1.82) is 0 Å². The van der Waals surface area contributed by atoms with E-state index in [1.54, 1.807) is 6.07 Å². The van der Waals surface area contributed by atoms with Gasteiger partial charge in [-0.25, -0.2) is 13.2 Å². The minimum atomic E-state index is -1.02. The third-order valence-electron chi connectivity index (χ3n) is 2.97. The van der Waals surface area contributed by atoms with Crippen LogP contribution in [0.3, 0.4) is 0 Å². The van der Waals surface area contributed by atoms with E-state index in [4.69, 9.17) is 0 Å². The lowest BCUT2D eigenvalue weighted by molar-refractivity contribution is 0.191. The molecule has 0 aliphatic carbocycles. The van der Waals surface area contributed by atoms with E-state index in [0.29, 0.717) is 5.56 Å². The number of aliphatic hydroxyl groups is 1. The second kappa shape index (κ2) is 5.96. The summed E-state index contributed by atoms with van der Waals surface area (Å²) in [4.78, 5) is 0. The van der Waals surface area contributed by atoms with Gasteiger partial charge in [0, 0.05) is 12.6 Å². The Labute approximate surface area is 114 Å². The molecule has 5 heteroatoms. The maximum Gasteiger partial charge on any atom is 0.146 e. The summed E-state index contributed by atoms with van der Waals surface area (Å²) >= 11 is 0. The minimum Gasteiger partial charge on any atom is -0.387 e. The van der Waals surface area contributed by atoms with Crippen molar-refractivity contribution in [3.63, 3.8) is 0 Å². The number of benzene rings is 2. The molecule has 1 atom stereocenters. The molecule has 0 aliphatic rings. The largest absolute Gasteiger partial charge is 0.387 e. The standard InChI is InChI=1S/C15H14F3NO/c1-9-5-13(18)14(7-12(9)17)19-8-15(20)10-3-2-4-11(16)6-10/h2-7,15,19-20H,8H2,1H3. The van der Waals surface area contributed by atoms with Gasteiger partial charge in [-0.2, -0.15) is 0 Å². The van der Waals surface area contributed by atoms with Gasteiger partial charge in [0.15, 0.2) is 0 Å². The van der Waals surface area contributed by atoms with Crippen LogP contribution in [0.25, 0.3) is 0 Å². The van der Waals surface area contributed by atoms with Gasteiger partial charge in [0.1, 0.15) is 17.5 Å². The molecule has 0 amide bonds. The zero-order valence-electron chi connectivity index (χ0n) is 10.8. The highest BCUT2D eigenvalue weighted by Crippen LogP contribution is 2.20. The second-order valence-corrected chi connectivity index (χ2v) is 4.53. The Balaban J connectivity index is 2.07. The molecule has 0 radical (unpaired) electrons. The van der Waals surface area contributed by atoms with Crippen LogP contribution >= 0.6 is 0 Å². The van der Waals surface area contributed by atoms with Crippen LogP contribution in [0.5, 0.6) is 0 Å². The first kappa shape index (κ1) is 14.4. The zero-order chi connectivity index (χ0) is 14.7. The van der Waals surface area contributed by atoms with Crippen molar-refractivity contribution in [2.75, 3.05) is 11.9 Å². The van der Waals surface area contributed by atoms with E-state index in [9.17, 15) is 18.3 Å². The first-order chi connectivity index (χ1) is 9.47. The molecule has 20 heavy (non-hydrogen) atoms. The summed E-state index contributed by atoms with van der Waals surface area (Å²) in [5, 5.41) is 12.5. The predicted molar refractivity (Wildman–Crippen MR) is 70.9 cm³/mol. The predicted octanol–water partition coefficient (Wildman–Crippen LogP) is 3.56. The van der Waals surface area contributed by atoms with Crippen LogP contribution in [0.15, 0.2) is 36.4 Å². The van der Waals surface area contributed by atoms with Crippen molar-refractivity contribution in [1.82, 2.24) is 0 Å². The lowest BCUT2D eigenvalue weighted by Crippen LogP contribution is -2.13. The Morgan fingerprint density at radius 1 is 1.10 bits per heavy atom. The van der Waals surface area contributed by atoms with Gasteiger partial charge in [0.05, 0.1) is 11.8 Å². The number of hydrogen-bond donors (Lipinski definition) is 2. The van der Waals surface area contributed by atoms with Gasteiger partial charge < -0.3 is 10.4 Å². The monoisotopic (exact) mass is 281 g/mol. The van der Waals surface area contributed by atoms with Crippen LogP contribution in [0.1, 0.15) is 17.2 Å². The topological polar surface area (TPSA) is 32.3 Å². The summed E-state index contributed by atoms with van der Waals surface area (Å²) in [7, 11) is 0. The van der Waals surface area contributed by atoms with Crippen molar-refractivity contribution in [3.05, 3.63) is 65.0 Å². The first-order valence-corrected chi connectivity index (χ1v) is 6.10. The van der Waals surface area contributed by atoms with Crippen LogP contribution < -0.4 is 5.32 Å². The highest BCUT2D eigenvalue weighted by molar-refractivity contribution is 5.47. The van der Waals surface area contributed by atoms with Gasteiger partial charge in [-0.05, 0) is 36.2 Å². The molecule has 2 aromatic rings. The SMILES string of the molecule is Cc1cc(F)c(NCC(O)c2cccc(F)c2)cc1F. The summed E-state index contributed by atoms with van der Waals surface area (Å²) in [6.45, 7) is 1.41. The van der Waals surface area contributed by atoms with Crippen molar-refractivity contribution < 1.29 is 18.3 Å². The van der Waals surface area contributed by atoms with Crippen LogP contribution in [0.4, 0.5) is 18.9 Å². The van der Waals surface area contributed by atoms with Crippen molar-refractivity contribution in [2.24, 2.45) is 0 Å². The molecule has 2 nitrogen and oxygen atoms in total. The van der Waals surface area contributed by atoms with Gasteiger partial charge >= 0.3 is 0 Å². The Bertz CT molecular complexity index is 616. The Kier molecular flexibility index (Phi) is 4.29. The highest BCUT2D eigenvalue weighted by atomic mass is 19.1. The van der Waals surface area contributed by atoms with Gasteiger partial charge in [-0.15, -0.1) is 0 Å². The van der Waals surface area contributed by atoms with E-state index in [1.807, 2.05) is 0 Å². The molecule has 2 rings (SSSR count). The lowest BCUT2D eigenvalue weighted by Gasteiger charge is -2.14. The maximum absolute atomic E-state index is 13.6. The number of rotatable bonds is 4. The second-order valence-electron chi connectivity index (χ2n) is 4.53. The van der Waals surface area contributed by atoms with E-state index in [0.717, 1.165) is 12.1 Å². The van der Waals surface area contributed by atoms with E-state index < -0.39 is 23.6 Å². The average molecular weight is 281 g/mol. The third kappa shape index (κ3) is 3.30. The number of halogens is 3. The summed E-state index contributed by atoms with van der Waals surface area (Å²) in [5.41, 5.74) is 0.535. The Morgan fingerprint density at radius 3 is 2.55 bits per heavy atom. The van der Waals surface area contributed by atoms with Gasteiger partial charge in [-0.3, -0.25) is 0 Å². The molecule has 2 N–H and O–H groups in total. The first-order valence-electron chi connectivity index (χ1n) is 6.10. The molecule has 2 aromatic carbocycles. The van der Waals surface area contributed by atoms with Crippen molar-refractivity contribution in [3.8, 4) is 0 Å². The zero-order valence-corrected chi connectivity index (χ0v) is 10.8. The molecule has 0 aromatic heterocycles. The number of hydrogen-bond acceptors (Lipinski definition) is 2. The van der Waals surface area contributed by atoms with Crippen LogP contribution in [0, 0.1) is 24.4 Å². The maximum atomic E-state index is 13.6. The van der Waals surface area contributed by atoms with Gasteiger partial charge in [0.2, 0.25) is 0 Å². The van der Waals surface area contributed by atoms with Crippen LogP contribution in [-0.2, 0) is 0 Å². The number of nitrogens with one attached hydrogen (secondary N) is 1. The van der Waals surface area contributed by atoms with Gasteiger partial charge in [0.25, 0.3) is 0 Å². The number of aliphatic hydroxyl groups excluding tert-OH is 1. The fourth-order valence-electron chi connectivity index (χ4n) is 1.82. The summed E-state index contributed by atoms with van der Waals surface area (Å²) in [5.74, 6) is -1.60. The fourth-order valence-corrected chi connectivity index (χ4v) is 1.82. The van der Waals surface area contributed by atoms with Crippen molar-refractivity contribution >= 4 is 5.69 Å². The van der Waals surface area contributed by atoms with E-state index >= 15 is 0 Å². The summed E-state index contributed by atoms with van der Waals surface area (Å²) < 4.78 is 39.9. The summed E-state index contributed by atoms with van der Waals surface area (Å²) in [6.07, 6.45) is -1.02. The summed E-state index contributed by atoms with van der Waals surface area (Å²) in [6, 6.07) is 7.59. The molecular weight excluding hydrogens is 267 g/mol. The van der Waals surface area contributed by atoms with E-state index in [1.165, 1.54) is 25.1 Å². The third-order valence-corrected chi connectivity index (χ3v) is 2.97. The molecule has 0 saturated heterocycles. The fraction of sp³-hybridized carbons (Fsp3) is 0.200. The quantitative estimate of drug-likeness (QED) is 0.898. The van der Waals surface area contributed by atoms with Crippen molar-refractivity contribution in [2.45, 2.75) is 13.0 Å². The lowest BCUT2D eigenvalue weighted by atomic mass is 10.1. The molecule has 0 spiro atoms. The average Bonchev–Trinajstić information content (AvgIpc) is 2.41. The molecule has 0 heterocycles. The molecule has 0 aliphatic heterocycles.